The maximum Gasteiger partial charge on any atom is 0.264 e. The zero-order valence-electron chi connectivity index (χ0n) is 26.8. The van der Waals surface area contributed by atoms with Gasteiger partial charge in [-0.3, -0.25) is 13.9 Å². The number of hydrogen-bond acceptors (Lipinski definition) is 5. The largest absolute Gasteiger partial charge is 0.495 e. The van der Waals surface area contributed by atoms with Gasteiger partial charge in [0.15, 0.2) is 0 Å². The van der Waals surface area contributed by atoms with Crippen molar-refractivity contribution in [1.29, 1.82) is 0 Å². The minimum absolute atomic E-state index is 0.00199. The number of nitrogens with one attached hydrogen (secondary N) is 1. The summed E-state index contributed by atoms with van der Waals surface area (Å²) in [5, 5.41) is 3.63. The van der Waals surface area contributed by atoms with E-state index < -0.39 is 28.5 Å². The van der Waals surface area contributed by atoms with Crippen molar-refractivity contribution in [2.24, 2.45) is 0 Å². The summed E-state index contributed by atoms with van der Waals surface area (Å²) in [6, 6.07) is 26.1. The lowest BCUT2D eigenvalue weighted by molar-refractivity contribution is -0.140. The average molecular weight is 697 g/mol. The van der Waals surface area contributed by atoms with E-state index in [9.17, 15) is 18.0 Å². The van der Waals surface area contributed by atoms with Crippen LogP contribution in [0.25, 0.3) is 0 Å². The molecule has 0 aliphatic rings. The molecule has 4 aromatic rings. The van der Waals surface area contributed by atoms with Crippen LogP contribution in [0.5, 0.6) is 5.75 Å². The molecule has 4 aromatic carbocycles. The number of halogens is 2. The highest BCUT2D eigenvalue weighted by molar-refractivity contribution is 7.92. The average Bonchev–Trinajstić information content (AvgIpc) is 3.06. The normalized spacial score (nSPS) is 12.6. The lowest BCUT2D eigenvalue weighted by atomic mass is 10.0. The summed E-state index contributed by atoms with van der Waals surface area (Å²) < 4.78 is 35.1. The molecule has 0 aliphatic carbocycles. The van der Waals surface area contributed by atoms with Crippen molar-refractivity contribution in [3.05, 3.63) is 124 Å². The molecule has 8 nitrogen and oxygen atoms in total. The van der Waals surface area contributed by atoms with Gasteiger partial charge in [0.25, 0.3) is 10.0 Å². The smallest absolute Gasteiger partial charge is 0.264 e. The van der Waals surface area contributed by atoms with Gasteiger partial charge in [-0.2, -0.15) is 0 Å². The minimum Gasteiger partial charge on any atom is -0.495 e. The Morgan fingerprint density at radius 2 is 1.49 bits per heavy atom. The van der Waals surface area contributed by atoms with Crippen LogP contribution in [0.15, 0.2) is 102 Å². The zero-order valence-corrected chi connectivity index (χ0v) is 29.1. The molecular weight excluding hydrogens is 657 g/mol. The number of rotatable bonds is 14. The fraction of sp³-hybridized carbons (Fsp3) is 0.278. The van der Waals surface area contributed by atoms with Gasteiger partial charge in [-0.15, -0.1) is 0 Å². The van der Waals surface area contributed by atoms with Crippen molar-refractivity contribution in [1.82, 2.24) is 10.2 Å². The van der Waals surface area contributed by atoms with Gasteiger partial charge in [-0.1, -0.05) is 96.4 Å². The van der Waals surface area contributed by atoms with Crippen molar-refractivity contribution in [3.8, 4) is 5.75 Å². The second-order valence-electron chi connectivity index (χ2n) is 11.2. The predicted molar refractivity (Wildman–Crippen MR) is 188 cm³/mol. The van der Waals surface area contributed by atoms with Crippen molar-refractivity contribution in [3.63, 3.8) is 0 Å². The Labute approximate surface area is 287 Å². The number of anilines is 1. The van der Waals surface area contributed by atoms with Crippen LogP contribution >= 0.6 is 23.2 Å². The molecule has 2 unspecified atom stereocenters. The Bertz CT molecular complexity index is 1770. The molecule has 11 heteroatoms. The van der Waals surface area contributed by atoms with E-state index in [1.54, 1.807) is 54.6 Å². The first-order chi connectivity index (χ1) is 22.5. The van der Waals surface area contributed by atoms with E-state index in [0.29, 0.717) is 22.0 Å². The molecule has 2 atom stereocenters. The summed E-state index contributed by atoms with van der Waals surface area (Å²) in [5.41, 5.74) is 2.29. The number of aryl methyl sites for hydroxylation is 1. The molecule has 0 heterocycles. The SMILES string of the molecule is CCC(C)NC(=O)C(Cc1ccccc1)N(Cc1c(Cl)cccc1Cl)C(=O)CN(c1ccccc1OC)S(=O)(=O)c1ccc(C)cc1. The second kappa shape index (κ2) is 16.2. The van der Waals surface area contributed by atoms with Crippen LogP contribution in [-0.2, 0) is 32.6 Å². The summed E-state index contributed by atoms with van der Waals surface area (Å²) >= 11 is 13.2. The van der Waals surface area contributed by atoms with Crippen LogP contribution in [0.1, 0.15) is 37.0 Å². The Balaban J connectivity index is 1.87. The molecule has 0 aliphatic heterocycles. The van der Waals surface area contributed by atoms with Crippen molar-refractivity contribution in [2.45, 2.75) is 57.1 Å². The van der Waals surface area contributed by atoms with E-state index in [1.807, 2.05) is 51.1 Å². The van der Waals surface area contributed by atoms with Gasteiger partial charge in [0.2, 0.25) is 11.8 Å². The molecule has 0 fully saturated rings. The number of carbonyl (C=O) groups excluding carboxylic acids is 2. The van der Waals surface area contributed by atoms with E-state index in [1.165, 1.54) is 24.1 Å². The highest BCUT2D eigenvalue weighted by atomic mass is 35.5. The molecule has 0 radical (unpaired) electrons. The summed E-state index contributed by atoms with van der Waals surface area (Å²) in [6.07, 6.45) is 0.834. The first kappa shape index (κ1) is 35.8. The number of hydrogen-bond donors (Lipinski definition) is 1. The van der Waals surface area contributed by atoms with E-state index in [4.69, 9.17) is 27.9 Å². The number of benzene rings is 4. The maximum atomic E-state index is 14.7. The lowest BCUT2D eigenvalue weighted by Gasteiger charge is -2.35. The summed E-state index contributed by atoms with van der Waals surface area (Å²) in [6.45, 7) is 4.90. The van der Waals surface area contributed by atoms with Crippen molar-refractivity contribution < 1.29 is 22.7 Å². The quantitative estimate of drug-likeness (QED) is 0.152. The van der Waals surface area contributed by atoms with Crippen LogP contribution < -0.4 is 14.4 Å². The molecule has 0 saturated carbocycles. The van der Waals surface area contributed by atoms with Gasteiger partial charge in [0.1, 0.15) is 18.3 Å². The number of methoxy groups -OCH3 is 1. The maximum absolute atomic E-state index is 14.7. The molecule has 2 amide bonds. The van der Waals surface area contributed by atoms with Gasteiger partial charge in [0.05, 0.1) is 17.7 Å². The topological polar surface area (TPSA) is 96.0 Å². The standard InChI is InChI=1S/C36H39Cl2N3O5S/c1-5-26(3)39-36(43)33(22-27-12-7-6-8-13-27)40(23-29-30(37)14-11-15-31(29)38)35(42)24-41(32-16-9-10-17-34(32)46-4)47(44,45)28-20-18-25(2)19-21-28/h6-21,26,33H,5,22-24H2,1-4H3,(H,39,43). The monoisotopic (exact) mass is 695 g/mol. The first-order valence-corrected chi connectivity index (χ1v) is 17.4. The van der Waals surface area contributed by atoms with E-state index in [0.717, 1.165) is 15.4 Å². The fourth-order valence-electron chi connectivity index (χ4n) is 5.04. The number of nitrogens with zero attached hydrogens (tertiary/aromatic N) is 2. The predicted octanol–water partition coefficient (Wildman–Crippen LogP) is 7.06. The molecular formula is C36H39Cl2N3O5S. The number of carbonyl (C=O) groups is 2. The first-order valence-electron chi connectivity index (χ1n) is 15.2. The zero-order chi connectivity index (χ0) is 34.1. The highest BCUT2D eigenvalue weighted by Gasteiger charge is 2.36. The lowest BCUT2D eigenvalue weighted by Crippen LogP contribution is -2.54. The van der Waals surface area contributed by atoms with Crippen LogP contribution in [0.4, 0.5) is 5.69 Å². The van der Waals surface area contributed by atoms with E-state index >= 15 is 0 Å². The number of amides is 2. The Kier molecular flexibility index (Phi) is 12.3. The third-order valence-corrected chi connectivity index (χ3v) is 10.4. The Morgan fingerprint density at radius 3 is 2.11 bits per heavy atom. The van der Waals surface area contributed by atoms with Crippen LogP contribution in [0.2, 0.25) is 10.0 Å². The molecule has 1 N–H and O–H groups in total. The van der Waals surface area contributed by atoms with E-state index in [2.05, 4.69) is 5.32 Å². The van der Waals surface area contributed by atoms with Crippen molar-refractivity contribution >= 4 is 50.7 Å². The fourth-order valence-corrected chi connectivity index (χ4v) is 6.98. The van der Waals surface area contributed by atoms with Crippen LogP contribution in [-0.4, -0.2) is 50.9 Å². The minimum atomic E-state index is -4.30. The molecule has 248 valence electrons. The summed E-state index contributed by atoms with van der Waals surface area (Å²) in [7, 11) is -2.87. The highest BCUT2D eigenvalue weighted by Crippen LogP contribution is 2.33. The molecule has 47 heavy (non-hydrogen) atoms. The molecule has 0 bridgehead atoms. The Morgan fingerprint density at radius 1 is 0.872 bits per heavy atom. The van der Waals surface area contributed by atoms with Crippen LogP contribution in [0.3, 0.4) is 0 Å². The third kappa shape index (κ3) is 8.86. The molecule has 4 rings (SSSR count). The molecule has 0 saturated heterocycles. The van der Waals surface area contributed by atoms with Gasteiger partial charge in [-0.05, 0) is 62.2 Å². The molecule has 0 spiro atoms. The van der Waals surface area contributed by atoms with Gasteiger partial charge < -0.3 is 15.0 Å². The number of ether oxygens (including phenoxy) is 1. The van der Waals surface area contributed by atoms with Gasteiger partial charge >= 0.3 is 0 Å². The van der Waals surface area contributed by atoms with Crippen LogP contribution in [0, 0.1) is 6.92 Å². The number of sulfonamides is 1. The van der Waals surface area contributed by atoms with Crippen molar-refractivity contribution in [2.75, 3.05) is 18.0 Å². The third-order valence-electron chi connectivity index (χ3n) is 7.90. The summed E-state index contributed by atoms with van der Waals surface area (Å²) in [4.78, 5) is 30.1. The van der Waals surface area contributed by atoms with E-state index in [-0.39, 0.29) is 41.2 Å². The Hall–Kier alpha value is -4.05. The summed E-state index contributed by atoms with van der Waals surface area (Å²) in [5.74, 6) is -0.764. The van der Waals surface area contributed by atoms with Gasteiger partial charge in [0, 0.05) is 34.6 Å². The van der Waals surface area contributed by atoms with Gasteiger partial charge in [-0.25, -0.2) is 8.42 Å². The number of para-hydroxylation sites is 2. The molecule has 0 aromatic heterocycles. The second-order valence-corrected chi connectivity index (χ2v) is 13.9.